The van der Waals surface area contributed by atoms with Gasteiger partial charge in [-0.3, -0.25) is 14.8 Å². The van der Waals surface area contributed by atoms with Gasteiger partial charge in [0.2, 0.25) is 0 Å². The van der Waals surface area contributed by atoms with E-state index in [0.717, 1.165) is 38.9 Å². The molecule has 0 bridgehead atoms. The first-order valence-electron chi connectivity index (χ1n) is 10.8. The van der Waals surface area contributed by atoms with Crippen LogP contribution in [0.4, 0.5) is 17.2 Å². The van der Waals surface area contributed by atoms with E-state index in [-0.39, 0.29) is 5.91 Å². The number of aromatic nitrogens is 4. The number of rotatable bonds is 5. The molecular formula is C27H20N6O2. The van der Waals surface area contributed by atoms with Crippen molar-refractivity contribution in [2.75, 3.05) is 10.6 Å². The second-order valence-corrected chi connectivity index (χ2v) is 7.70. The van der Waals surface area contributed by atoms with Gasteiger partial charge in [0.15, 0.2) is 0 Å². The monoisotopic (exact) mass is 460 g/mol. The van der Waals surface area contributed by atoms with Crippen LogP contribution in [0.15, 0.2) is 73.3 Å². The molecule has 0 fully saturated rings. The summed E-state index contributed by atoms with van der Waals surface area (Å²) in [6.45, 7) is 3.59. The van der Waals surface area contributed by atoms with Crippen LogP contribution in [0, 0.1) is 18.8 Å². The fourth-order valence-corrected chi connectivity index (χ4v) is 3.62. The van der Waals surface area contributed by atoms with Crippen LogP contribution in [0.25, 0.3) is 21.9 Å². The van der Waals surface area contributed by atoms with E-state index >= 15 is 0 Å². The fraction of sp³-hybridized carbons (Fsp3) is 0.0741. The average molecular weight is 460 g/mol. The van der Waals surface area contributed by atoms with Gasteiger partial charge >= 0.3 is 0 Å². The summed E-state index contributed by atoms with van der Waals surface area (Å²) in [6.07, 6.45) is 4.82. The van der Waals surface area contributed by atoms with Crippen LogP contribution in [-0.2, 0) is 4.79 Å². The maximum atomic E-state index is 11.8. The van der Waals surface area contributed by atoms with E-state index in [9.17, 15) is 4.79 Å². The van der Waals surface area contributed by atoms with Crippen molar-refractivity contribution in [1.82, 2.24) is 19.9 Å². The van der Waals surface area contributed by atoms with Crippen LogP contribution >= 0.6 is 0 Å². The molecule has 0 radical (unpaired) electrons. The predicted octanol–water partition coefficient (Wildman–Crippen LogP) is 5.38. The molecule has 0 aliphatic carbocycles. The molecule has 0 atom stereocenters. The molecule has 8 nitrogen and oxygen atoms in total. The Hall–Kier alpha value is -5.03. The fourth-order valence-electron chi connectivity index (χ4n) is 3.62. The largest absolute Gasteiger partial charge is 0.457 e. The van der Waals surface area contributed by atoms with Gasteiger partial charge in [0.1, 0.15) is 23.6 Å². The van der Waals surface area contributed by atoms with Gasteiger partial charge in [-0.1, -0.05) is 5.92 Å². The van der Waals surface area contributed by atoms with Crippen molar-refractivity contribution in [1.29, 1.82) is 0 Å². The van der Waals surface area contributed by atoms with Crippen LogP contribution in [0.3, 0.4) is 0 Å². The lowest BCUT2D eigenvalue weighted by atomic mass is 10.1. The van der Waals surface area contributed by atoms with Crippen LogP contribution in [0.5, 0.6) is 11.5 Å². The molecule has 0 unspecified atom stereocenters. The van der Waals surface area contributed by atoms with E-state index in [1.165, 1.54) is 6.33 Å². The van der Waals surface area contributed by atoms with E-state index in [1.54, 1.807) is 25.4 Å². The smallest absolute Gasteiger partial charge is 0.300 e. The number of amides is 1. The lowest BCUT2D eigenvalue weighted by Crippen LogP contribution is -2.08. The number of aryl methyl sites for hydroxylation is 1. The summed E-state index contributed by atoms with van der Waals surface area (Å²) in [4.78, 5) is 29.2. The summed E-state index contributed by atoms with van der Waals surface area (Å²) >= 11 is 0. The van der Waals surface area contributed by atoms with Gasteiger partial charge in [-0.2, -0.15) is 0 Å². The summed E-state index contributed by atoms with van der Waals surface area (Å²) in [7, 11) is 0. The maximum absolute atomic E-state index is 11.8. The SMILES string of the molecule is CC#CC(=O)Nc1ccc2ncnc(Nc3ccc(Oc4ccc5nccnc5c4)c(C)c3)c2c1. The number of ether oxygens (including phenoxy) is 1. The number of anilines is 3. The zero-order chi connectivity index (χ0) is 24.2. The molecule has 0 aliphatic rings. The molecule has 8 heteroatoms. The molecule has 170 valence electrons. The van der Waals surface area contributed by atoms with Crippen molar-refractivity contribution in [3.8, 4) is 23.3 Å². The number of benzene rings is 3. The van der Waals surface area contributed by atoms with Crippen molar-refractivity contribution >= 4 is 45.0 Å². The third-order valence-electron chi connectivity index (χ3n) is 5.24. The molecule has 5 rings (SSSR count). The maximum Gasteiger partial charge on any atom is 0.300 e. The first kappa shape index (κ1) is 21.8. The minimum Gasteiger partial charge on any atom is -0.457 e. The molecule has 0 saturated carbocycles. The second kappa shape index (κ2) is 9.45. The van der Waals surface area contributed by atoms with Crippen LogP contribution in [0.1, 0.15) is 12.5 Å². The molecule has 3 aromatic carbocycles. The summed E-state index contributed by atoms with van der Waals surface area (Å²) < 4.78 is 6.09. The average Bonchev–Trinajstić information content (AvgIpc) is 2.86. The van der Waals surface area contributed by atoms with Crippen LogP contribution in [-0.4, -0.2) is 25.8 Å². The molecule has 0 spiro atoms. The Morgan fingerprint density at radius 2 is 1.66 bits per heavy atom. The van der Waals surface area contributed by atoms with Gasteiger partial charge < -0.3 is 15.4 Å². The summed E-state index contributed by atoms with van der Waals surface area (Å²) in [5.74, 6) is 6.72. The van der Waals surface area contributed by atoms with Crippen LogP contribution < -0.4 is 15.4 Å². The molecular weight excluding hydrogens is 440 g/mol. The third kappa shape index (κ3) is 4.84. The number of hydrogen-bond acceptors (Lipinski definition) is 7. The molecule has 0 aliphatic heterocycles. The Morgan fingerprint density at radius 3 is 2.49 bits per heavy atom. The molecule has 1 amide bonds. The van der Waals surface area contributed by atoms with Crippen molar-refractivity contribution in [3.63, 3.8) is 0 Å². The number of carbonyl (C=O) groups excluding carboxylic acids is 1. The van der Waals surface area contributed by atoms with Crippen molar-refractivity contribution in [3.05, 3.63) is 78.9 Å². The number of fused-ring (bicyclic) bond motifs is 2. The Balaban J connectivity index is 1.38. The number of hydrogen-bond donors (Lipinski definition) is 2. The summed E-state index contributed by atoms with van der Waals surface area (Å²) in [5.41, 5.74) is 4.73. The second-order valence-electron chi connectivity index (χ2n) is 7.70. The third-order valence-corrected chi connectivity index (χ3v) is 5.24. The highest BCUT2D eigenvalue weighted by Gasteiger charge is 2.09. The van der Waals surface area contributed by atoms with Gasteiger partial charge in [0, 0.05) is 35.2 Å². The number of nitrogens with one attached hydrogen (secondary N) is 2. The molecule has 35 heavy (non-hydrogen) atoms. The van der Waals surface area contributed by atoms with Crippen molar-refractivity contribution in [2.24, 2.45) is 0 Å². The van der Waals surface area contributed by atoms with Gasteiger partial charge in [-0.15, -0.1) is 0 Å². The molecule has 2 N–H and O–H groups in total. The minimum absolute atomic E-state index is 0.372. The summed E-state index contributed by atoms with van der Waals surface area (Å²) in [6, 6.07) is 16.8. The van der Waals surface area contributed by atoms with E-state index < -0.39 is 0 Å². The molecule has 2 aromatic heterocycles. The Labute approximate surface area is 201 Å². The highest BCUT2D eigenvalue weighted by Crippen LogP contribution is 2.31. The molecule has 5 aromatic rings. The normalized spacial score (nSPS) is 10.5. The first-order chi connectivity index (χ1) is 17.1. The standard InChI is InChI=1S/C27H20N6O2/c1-3-4-26(34)32-19-5-8-22-21(14-19)27(31-16-30-22)33-18-6-10-25(17(2)13-18)35-20-7-9-23-24(15-20)29-12-11-28-23/h5-16H,1-2H3,(H,32,34)(H,30,31,33). The first-order valence-corrected chi connectivity index (χ1v) is 10.8. The van der Waals surface area contributed by atoms with E-state index in [2.05, 4.69) is 42.4 Å². The van der Waals surface area contributed by atoms with Crippen LogP contribution in [0.2, 0.25) is 0 Å². The lowest BCUT2D eigenvalue weighted by molar-refractivity contribution is -0.111. The van der Waals surface area contributed by atoms with Gasteiger partial charge in [-0.25, -0.2) is 9.97 Å². The zero-order valence-electron chi connectivity index (χ0n) is 19.0. The van der Waals surface area contributed by atoms with Gasteiger partial charge in [-0.05, 0) is 73.9 Å². The Bertz CT molecular complexity index is 1640. The highest BCUT2D eigenvalue weighted by molar-refractivity contribution is 6.05. The minimum atomic E-state index is -0.372. The molecule has 0 saturated heterocycles. The predicted molar refractivity (Wildman–Crippen MR) is 136 cm³/mol. The topological polar surface area (TPSA) is 102 Å². The quantitative estimate of drug-likeness (QED) is 0.340. The lowest BCUT2D eigenvalue weighted by Gasteiger charge is -2.13. The van der Waals surface area contributed by atoms with E-state index in [1.807, 2.05) is 55.5 Å². The molecule has 2 heterocycles. The highest BCUT2D eigenvalue weighted by atomic mass is 16.5. The number of nitrogens with zero attached hydrogens (tertiary/aromatic N) is 4. The van der Waals surface area contributed by atoms with Gasteiger partial charge in [0.25, 0.3) is 5.91 Å². The van der Waals surface area contributed by atoms with Crippen molar-refractivity contribution < 1.29 is 9.53 Å². The Morgan fingerprint density at radius 1 is 0.857 bits per heavy atom. The number of carbonyl (C=O) groups is 1. The van der Waals surface area contributed by atoms with E-state index in [4.69, 9.17) is 4.74 Å². The Kier molecular flexibility index (Phi) is 5.89. The van der Waals surface area contributed by atoms with Gasteiger partial charge in [0.05, 0.1) is 16.6 Å². The van der Waals surface area contributed by atoms with E-state index in [0.29, 0.717) is 17.3 Å². The van der Waals surface area contributed by atoms with Crippen molar-refractivity contribution in [2.45, 2.75) is 13.8 Å². The zero-order valence-corrected chi connectivity index (χ0v) is 19.0. The summed E-state index contributed by atoms with van der Waals surface area (Å²) in [5, 5.41) is 6.87.